The lowest BCUT2D eigenvalue weighted by molar-refractivity contribution is 0.397. The zero-order valence-electron chi connectivity index (χ0n) is 10.4. The van der Waals surface area contributed by atoms with Crippen LogP contribution in [0.1, 0.15) is 11.1 Å². The van der Waals surface area contributed by atoms with Crippen molar-refractivity contribution < 1.29 is 9.13 Å². The molecule has 0 spiro atoms. The van der Waals surface area contributed by atoms with E-state index in [1.165, 1.54) is 12.1 Å². The van der Waals surface area contributed by atoms with E-state index in [0.29, 0.717) is 12.4 Å². The van der Waals surface area contributed by atoms with Crippen LogP contribution in [0.4, 0.5) is 10.1 Å². The maximum absolute atomic E-state index is 13.2. The zero-order chi connectivity index (χ0) is 13.0. The highest BCUT2D eigenvalue weighted by Crippen LogP contribution is 2.15. The van der Waals surface area contributed by atoms with E-state index in [2.05, 4.69) is 10.3 Å². The van der Waals surface area contributed by atoms with Crippen molar-refractivity contribution in [3.05, 3.63) is 53.5 Å². The molecular weight excluding hydrogens is 231 g/mol. The molecule has 1 aromatic heterocycles. The molecule has 0 saturated carbocycles. The van der Waals surface area contributed by atoms with Crippen LogP contribution in [0.3, 0.4) is 0 Å². The van der Waals surface area contributed by atoms with Gasteiger partial charge in [0.1, 0.15) is 5.82 Å². The summed E-state index contributed by atoms with van der Waals surface area (Å²) in [5, 5.41) is 3.16. The summed E-state index contributed by atoms with van der Waals surface area (Å²) < 4.78 is 18.2. The van der Waals surface area contributed by atoms with E-state index in [0.717, 1.165) is 16.8 Å². The lowest BCUT2D eigenvalue weighted by Crippen LogP contribution is -2.01. The summed E-state index contributed by atoms with van der Waals surface area (Å²) in [7, 11) is 1.58. The molecule has 0 aliphatic carbocycles. The number of hydrogen-bond acceptors (Lipinski definition) is 3. The van der Waals surface area contributed by atoms with Gasteiger partial charge in [0.15, 0.2) is 0 Å². The summed E-state index contributed by atoms with van der Waals surface area (Å²) in [6.45, 7) is 2.46. The van der Waals surface area contributed by atoms with Gasteiger partial charge in [-0.3, -0.25) is 0 Å². The number of hydrogen-bond donors (Lipinski definition) is 1. The molecule has 1 N–H and O–H groups in total. The van der Waals surface area contributed by atoms with Crippen molar-refractivity contribution in [3.8, 4) is 5.88 Å². The zero-order valence-corrected chi connectivity index (χ0v) is 10.4. The number of aromatic nitrogens is 1. The Labute approximate surface area is 106 Å². The maximum Gasteiger partial charge on any atom is 0.212 e. The molecule has 18 heavy (non-hydrogen) atoms. The standard InChI is InChI=1S/C14H15FN2O/c1-10-5-12(15)7-13(6-10)16-8-11-3-4-14(18-2)17-9-11/h3-7,9,16H,8H2,1-2H3. The number of rotatable bonds is 4. The third-order valence-electron chi connectivity index (χ3n) is 2.55. The van der Waals surface area contributed by atoms with E-state index >= 15 is 0 Å². The number of methoxy groups -OCH3 is 1. The Hall–Kier alpha value is -2.10. The summed E-state index contributed by atoms with van der Waals surface area (Å²) in [6.07, 6.45) is 1.73. The molecule has 0 fully saturated rings. The highest BCUT2D eigenvalue weighted by Gasteiger charge is 1.99. The second-order valence-electron chi connectivity index (χ2n) is 4.08. The predicted molar refractivity (Wildman–Crippen MR) is 69.3 cm³/mol. The molecule has 0 aliphatic rings. The fourth-order valence-electron chi connectivity index (χ4n) is 1.68. The second-order valence-corrected chi connectivity index (χ2v) is 4.08. The van der Waals surface area contributed by atoms with Crippen LogP contribution in [0.5, 0.6) is 5.88 Å². The van der Waals surface area contributed by atoms with Crippen molar-refractivity contribution >= 4 is 5.69 Å². The van der Waals surface area contributed by atoms with Crippen molar-refractivity contribution in [2.45, 2.75) is 13.5 Å². The predicted octanol–water partition coefficient (Wildman–Crippen LogP) is 3.15. The third kappa shape index (κ3) is 3.20. The van der Waals surface area contributed by atoms with Crippen LogP contribution >= 0.6 is 0 Å². The van der Waals surface area contributed by atoms with Crippen LogP contribution in [-0.4, -0.2) is 12.1 Å². The number of anilines is 1. The molecule has 2 rings (SSSR count). The van der Waals surface area contributed by atoms with Gasteiger partial charge < -0.3 is 10.1 Å². The van der Waals surface area contributed by atoms with Crippen molar-refractivity contribution in [2.75, 3.05) is 12.4 Å². The quantitative estimate of drug-likeness (QED) is 0.899. The van der Waals surface area contributed by atoms with Gasteiger partial charge in [0.25, 0.3) is 0 Å². The average molecular weight is 246 g/mol. The Balaban J connectivity index is 2.01. The van der Waals surface area contributed by atoms with Gasteiger partial charge in [0, 0.05) is 24.5 Å². The van der Waals surface area contributed by atoms with Crippen LogP contribution in [0.2, 0.25) is 0 Å². The molecular formula is C14H15FN2O. The Morgan fingerprint density at radius 1 is 1.28 bits per heavy atom. The molecule has 0 radical (unpaired) electrons. The lowest BCUT2D eigenvalue weighted by atomic mass is 10.2. The fourth-order valence-corrected chi connectivity index (χ4v) is 1.68. The van der Waals surface area contributed by atoms with Crippen molar-refractivity contribution in [3.63, 3.8) is 0 Å². The maximum atomic E-state index is 13.2. The first-order valence-corrected chi connectivity index (χ1v) is 5.67. The minimum absolute atomic E-state index is 0.231. The molecule has 0 amide bonds. The van der Waals surface area contributed by atoms with Crippen LogP contribution in [0.25, 0.3) is 0 Å². The number of aryl methyl sites for hydroxylation is 1. The van der Waals surface area contributed by atoms with Gasteiger partial charge in [-0.2, -0.15) is 0 Å². The Kier molecular flexibility index (Phi) is 3.77. The van der Waals surface area contributed by atoms with Crippen molar-refractivity contribution in [2.24, 2.45) is 0 Å². The number of nitrogens with one attached hydrogen (secondary N) is 1. The summed E-state index contributed by atoms with van der Waals surface area (Å²) in [5.74, 6) is 0.353. The Morgan fingerprint density at radius 2 is 2.11 bits per heavy atom. The van der Waals surface area contributed by atoms with Crippen LogP contribution in [-0.2, 0) is 6.54 Å². The topological polar surface area (TPSA) is 34.1 Å². The van der Waals surface area contributed by atoms with Crippen molar-refractivity contribution in [1.82, 2.24) is 4.98 Å². The molecule has 0 atom stereocenters. The number of halogens is 1. The third-order valence-corrected chi connectivity index (χ3v) is 2.55. The van der Waals surface area contributed by atoms with Gasteiger partial charge in [-0.1, -0.05) is 6.07 Å². The number of benzene rings is 1. The molecule has 1 heterocycles. The van der Waals surface area contributed by atoms with E-state index in [9.17, 15) is 4.39 Å². The van der Waals surface area contributed by atoms with E-state index in [-0.39, 0.29) is 5.82 Å². The lowest BCUT2D eigenvalue weighted by Gasteiger charge is -2.08. The normalized spacial score (nSPS) is 10.2. The molecule has 0 bridgehead atoms. The summed E-state index contributed by atoms with van der Waals surface area (Å²) in [6, 6.07) is 8.60. The second kappa shape index (κ2) is 5.49. The molecule has 2 aromatic rings. The van der Waals surface area contributed by atoms with Gasteiger partial charge in [-0.25, -0.2) is 9.37 Å². The van der Waals surface area contributed by atoms with E-state index < -0.39 is 0 Å². The van der Waals surface area contributed by atoms with Gasteiger partial charge in [0.2, 0.25) is 5.88 Å². The Bertz CT molecular complexity index is 506. The van der Waals surface area contributed by atoms with Crippen LogP contribution in [0, 0.1) is 12.7 Å². The van der Waals surface area contributed by atoms with Gasteiger partial charge in [0.05, 0.1) is 7.11 Å². The monoisotopic (exact) mass is 246 g/mol. The molecule has 94 valence electrons. The minimum atomic E-state index is -0.231. The highest BCUT2D eigenvalue weighted by molar-refractivity contribution is 5.46. The largest absolute Gasteiger partial charge is 0.481 e. The fraction of sp³-hybridized carbons (Fsp3) is 0.214. The molecule has 4 heteroatoms. The first kappa shape index (κ1) is 12.4. The van der Waals surface area contributed by atoms with Crippen LogP contribution < -0.4 is 10.1 Å². The molecule has 0 saturated heterocycles. The van der Waals surface area contributed by atoms with E-state index in [4.69, 9.17) is 4.74 Å². The molecule has 3 nitrogen and oxygen atoms in total. The van der Waals surface area contributed by atoms with Crippen molar-refractivity contribution in [1.29, 1.82) is 0 Å². The Morgan fingerprint density at radius 3 is 2.72 bits per heavy atom. The van der Waals surface area contributed by atoms with Gasteiger partial charge in [-0.15, -0.1) is 0 Å². The van der Waals surface area contributed by atoms with Gasteiger partial charge >= 0.3 is 0 Å². The summed E-state index contributed by atoms with van der Waals surface area (Å²) in [4.78, 5) is 4.11. The molecule has 0 aliphatic heterocycles. The highest BCUT2D eigenvalue weighted by atomic mass is 19.1. The first-order chi connectivity index (χ1) is 8.67. The van der Waals surface area contributed by atoms with E-state index in [1.54, 1.807) is 19.4 Å². The number of nitrogens with zero attached hydrogens (tertiary/aromatic N) is 1. The summed E-state index contributed by atoms with van der Waals surface area (Å²) >= 11 is 0. The summed E-state index contributed by atoms with van der Waals surface area (Å²) in [5.41, 5.74) is 2.67. The molecule has 0 unspecified atom stereocenters. The van der Waals surface area contributed by atoms with Gasteiger partial charge in [-0.05, 0) is 36.2 Å². The van der Waals surface area contributed by atoms with Crippen LogP contribution in [0.15, 0.2) is 36.5 Å². The average Bonchev–Trinajstić information content (AvgIpc) is 2.36. The smallest absolute Gasteiger partial charge is 0.212 e. The van der Waals surface area contributed by atoms with E-state index in [1.807, 2.05) is 19.1 Å². The SMILES string of the molecule is COc1ccc(CNc2cc(C)cc(F)c2)cn1. The number of ether oxygens (including phenoxy) is 1. The molecule has 1 aromatic carbocycles. The first-order valence-electron chi connectivity index (χ1n) is 5.67. The minimum Gasteiger partial charge on any atom is -0.481 e. The number of pyridine rings is 1.